The number of fused-ring (bicyclic) bond motifs is 4. The van der Waals surface area contributed by atoms with Gasteiger partial charge in [0.2, 0.25) is 5.71 Å². The van der Waals surface area contributed by atoms with Gasteiger partial charge in [-0.15, -0.1) is 48.0 Å². The maximum atomic E-state index is 5.77. The molecule has 3 aromatic heterocycles. The van der Waals surface area contributed by atoms with E-state index in [0.717, 1.165) is 44.7 Å². The Morgan fingerprint density at radius 3 is 2.49 bits per heavy atom. The number of benzene rings is 3. The van der Waals surface area contributed by atoms with Gasteiger partial charge in [-0.2, -0.15) is 0 Å². The molecular formula is C31H22IrN4O. The molecule has 0 fully saturated rings. The van der Waals surface area contributed by atoms with Crippen LogP contribution < -0.4 is 4.58 Å². The fraction of sp³-hybridized carbons (Fsp3) is 0.0645. The minimum atomic E-state index is 0. The van der Waals surface area contributed by atoms with Crippen molar-refractivity contribution in [3.63, 3.8) is 0 Å². The first kappa shape index (κ1) is 24.5. The van der Waals surface area contributed by atoms with Gasteiger partial charge >= 0.3 is 6.01 Å². The number of rotatable bonds is 2. The van der Waals surface area contributed by atoms with Crippen LogP contribution in [0.2, 0.25) is 0 Å². The van der Waals surface area contributed by atoms with Gasteiger partial charge in [-0.1, -0.05) is 44.9 Å². The monoisotopic (exact) mass is 659 g/mol. The maximum absolute atomic E-state index is 5.77. The second kappa shape index (κ2) is 10.4. The summed E-state index contributed by atoms with van der Waals surface area (Å²) in [6.45, 7) is 2.03. The van der Waals surface area contributed by atoms with Crippen molar-refractivity contribution in [2.75, 3.05) is 7.05 Å². The van der Waals surface area contributed by atoms with Gasteiger partial charge in [0.15, 0.2) is 7.05 Å². The van der Waals surface area contributed by atoms with Crippen LogP contribution in [-0.2, 0) is 20.1 Å². The molecule has 0 saturated heterocycles. The molecule has 6 aromatic rings. The normalized spacial score (nSPS) is 11.7. The van der Waals surface area contributed by atoms with Crippen molar-refractivity contribution in [1.29, 1.82) is 0 Å². The summed E-state index contributed by atoms with van der Waals surface area (Å²) in [4.78, 5) is 8.59. The number of aromatic nitrogens is 2. The molecule has 0 N–H and O–H groups in total. The summed E-state index contributed by atoms with van der Waals surface area (Å²) >= 11 is 0. The summed E-state index contributed by atoms with van der Waals surface area (Å²) in [7, 11) is 1.99. The Kier molecular flexibility index (Phi) is 6.89. The topological polar surface area (TPSA) is 44.9 Å². The summed E-state index contributed by atoms with van der Waals surface area (Å²) in [6.07, 6.45) is 3.61. The zero-order chi connectivity index (χ0) is 24.5. The Labute approximate surface area is 228 Å². The van der Waals surface area contributed by atoms with E-state index in [1.807, 2.05) is 90.0 Å². The SMILES string of the molecule is C[N+]1=C=[N+](c2[c-]cc3oc4ncccc4c3c2)c2ccccc21.Cc1ccc(-c2[c-]cccc2)nc1.[Ir]. The average Bonchev–Trinajstić information content (AvgIpc) is 3.47. The molecule has 1 radical (unpaired) electrons. The van der Waals surface area contributed by atoms with E-state index in [9.17, 15) is 0 Å². The second-order valence-electron chi connectivity index (χ2n) is 8.53. The summed E-state index contributed by atoms with van der Waals surface area (Å²) in [5.74, 6) is 0. The number of furan rings is 1. The van der Waals surface area contributed by atoms with Gasteiger partial charge in [-0.25, -0.2) is 4.98 Å². The number of aryl methyl sites for hydroxylation is 1. The number of nitrogens with zero attached hydrogens (tertiary/aromatic N) is 4. The van der Waals surface area contributed by atoms with Crippen molar-refractivity contribution in [2.24, 2.45) is 0 Å². The zero-order valence-electron chi connectivity index (χ0n) is 20.3. The van der Waals surface area contributed by atoms with Gasteiger partial charge in [0.1, 0.15) is 5.69 Å². The molecular weight excluding hydrogens is 637 g/mol. The summed E-state index contributed by atoms with van der Waals surface area (Å²) in [6, 6.07) is 37.8. The third-order valence-corrected chi connectivity index (χ3v) is 6.04. The van der Waals surface area contributed by atoms with Crippen LogP contribution in [0.3, 0.4) is 0 Å². The van der Waals surface area contributed by atoms with Gasteiger partial charge in [0, 0.05) is 55.6 Å². The fourth-order valence-electron chi connectivity index (χ4n) is 4.23. The minimum Gasteiger partial charge on any atom is -0.502 e. The van der Waals surface area contributed by atoms with Gasteiger partial charge in [-0.3, -0.25) is 0 Å². The van der Waals surface area contributed by atoms with Crippen molar-refractivity contribution in [2.45, 2.75) is 6.92 Å². The molecule has 5 nitrogen and oxygen atoms in total. The van der Waals surface area contributed by atoms with Crippen LogP contribution in [0, 0.1) is 19.1 Å². The van der Waals surface area contributed by atoms with E-state index >= 15 is 0 Å². The number of para-hydroxylation sites is 2. The van der Waals surface area contributed by atoms with E-state index < -0.39 is 0 Å². The quantitative estimate of drug-likeness (QED) is 0.150. The third-order valence-electron chi connectivity index (χ3n) is 6.04. The van der Waals surface area contributed by atoms with E-state index in [4.69, 9.17) is 4.42 Å². The predicted molar refractivity (Wildman–Crippen MR) is 142 cm³/mol. The van der Waals surface area contributed by atoms with Gasteiger partial charge in [0.05, 0.1) is 0 Å². The molecule has 7 rings (SSSR count). The molecule has 0 bridgehead atoms. The first-order chi connectivity index (χ1) is 17.7. The predicted octanol–water partition coefficient (Wildman–Crippen LogP) is 6.93. The molecule has 0 saturated carbocycles. The molecule has 0 atom stereocenters. The van der Waals surface area contributed by atoms with Gasteiger partial charge < -0.3 is 9.40 Å². The molecule has 37 heavy (non-hydrogen) atoms. The second-order valence-corrected chi connectivity index (χ2v) is 8.53. The fourth-order valence-corrected chi connectivity index (χ4v) is 4.23. The van der Waals surface area contributed by atoms with Gasteiger partial charge in [-0.05, 0) is 30.3 Å². The van der Waals surface area contributed by atoms with Crippen LogP contribution in [0.25, 0.3) is 33.3 Å². The molecule has 0 unspecified atom stereocenters. The maximum Gasteiger partial charge on any atom is 0.494 e. The Morgan fingerprint density at radius 1 is 0.865 bits per heavy atom. The van der Waals surface area contributed by atoms with Crippen LogP contribution in [0.15, 0.2) is 102 Å². The Hall–Kier alpha value is -4.21. The summed E-state index contributed by atoms with van der Waals surface area (Å²) < 4.78 is 9.78. The van der Waals surface area contributed by atoms with E-state index in [1.165, 1.54) is 5.56 Å². The number of hydrogen-bond acceptors (Lipinski definition) is 3. The molecule has 6 heteroatoms. The first-order valence-corrected chi connectivity index (χ1v) is 11.7. The van der Waals surface area contributed by atoms with Crippen LogP contribution >= 0.6 is 0 Å². The van der Waals surface area contributed by atoms with Crippen molar-refractivity contribution in [3.8, 4) is 11.3 Å². The molecule has 1 aliphatic heterocycles. The molecule has 0 amide bonds. The molecule has 1 aliphatic rings. The molecule has 3 aromatic carbocycles. The summed E-state index contributed by atoms with van der Waals surface area (Å²) in [5, 5.41) is 2.05. The largest absolute Gasteiger partial charge is 0.502 e. The van der Waals surface area contributed by atoms with Crippen molar-refractivity contribution in [1.82, 2.24) is 14.5 Å². The van der Waals surface area contributed by atoms with Crippen LogP contribution in [-0.4, -0.2) is 27.6 Å². The number of hydrogen-bond donors (Lipinski definition) is 0. The van der Waals surface area contributed by atoms with Crippen LogP contribution in [0.5, 0.6) is 0 Å². The number of pyridine rings is 2. The standard InChI is InChI=1S/C19H12N3O.C12H10N.Ir/c1-21-12-22(17-7-3-2-6-16(17)21)13-8-9-18-15(11-13)14-5-4-10-20-19(14)23-18;1-10-7-8-12(13-9-10)11-5-3-2-4-6-11;/h2-7,9-11H,1H3;2-5,7-9H,1H3;/q+1;-1;. The zero-order valence-corrected chi connectivity index (χ0v) is 22.7. The minimum absolute atomic E-state index is 0. The molecule has 0 spiro atoms. The van der Waals surface area contributed by atoms with E-state index in [0.29, 0.717) is 5.71 Å². The Morgan fingerprint density at radius 2 is 1.70 bits per heavy atom. The van der Waals surface area contributed by atoms with Crippen molar-refractivity contribution >= 4 is 45.1 Å². The molecule has 181 valence electrons. The van der Waals surface area contributed by atoms with E-state index in [2.05, 4.69) is 52.4 Å². The first-order valence-electron chi connectivity index (χ1n) is 11.7. The van der Waals surface area contributed by atoms with Crippen molar-refractivity contribution in [3.05, 3.63) is 115 Å². The van der Waals surface area contributed by atoms with Crippen molar-refractivity contribution < 1.29 is 29.1 Å². The summed E-state index contributed by atoms with van der Waals surface area (Å²) in [5.41, 5.74) is 7.80. The van der Waals surface area contributed by atoms with Crippen LogP contribution in [0.1, 0.15) is 5.56 Å². The third kappa shape index (κ3) is 4.78. The van der Waals surface area contributed by atoms with Gasteiger partial charge in [0.25, 0.3) is 11.4 Å². The molecule has 4 heterocycles. The Balaban J connectivity index is 0.000000172. The Bertz CT molecular complexity index is 1780. The van der Waals surface area contributed by atoms with E-state index in [-0.39, 0.29) is 20.1 Å². The average molecular weight is 659 g/mol. The molecule has 0 aliphatic carbocycles. The van der Waals surface area contributed by atoms with E-state index in [1.54, 1.807) is 6.20 Å². The smallest absolute Gasteiger partial charge is 0.494 e. The van der Waals surface area contributed by atoms with Crippen LogP contribution in [0.4, 0.5) is 17.1 Å².